The van der Waals surface area contributed by atoms with E-state index in [0.717, 1.165) is 5.56 Å². The van der Waals surface area contributed by atoms with E-state index in [1.165, 1.54) is 10.9 Å². The zero-order valence-electron chi connectivity index (χ0n) is 10.0. The van der Waals surface area contributed by atoms with Crippen LogP contribution >= 0.6 is 0 Å². The normalized spacial score (nSPS) is 10.8. The molecular formula is C13H9N3O3. The lowest BCUT2D eigenvalue weighted by molar-refractivity contribution is 0.111. The van der Waals surface area contributed by atoms with Crippen LogP contribution < -0.4 is 5.76 Å². The Hall–Kier alpha value is -2.76. The third kappa shape index (κ3) is 1.83. The first-order valence-electron chi connectivity index (χ1n) is 5.56. The summed E-state index contributed by atoms with van der Waals surface area (Å²) in [6, 6.07) is 6.88. The van der Waals surface area contributed by atoms with Gasteiger partial charge < -0.3 is 4.42 Å². The van der Waals surface area contributed by atoms with Gasteiger partial charge in [0.25, 0.3) is 0 Å². The van der Waals surface area contributed by atoms with Crippen LogP contribution in [0.3, 0.4) is 0 Å². The lowest BCUT2D eigenvalue weighted by atomic mass is 10.1. The quantitative estimate of drug-likeness (QED) is 0.647. The minimum atomic E-state index is -0.414. The molecule has 0 saturated heterocycles. The van der Waals surface area contributed by atoms with Crippen molar-refractivity contribution < 1.29 is 9.21 Å². The lowest BCUT2D eigenvalue weighted by Crippen LogP contribution is -2.08. The smallest absolute Gasteiger partial charge is 0.408 e. The van der Waals surface area contributed by atoms with Gasteiger partial charge in [-0.1, -0.05) is 6.07 Å². The molecule has 19 heavy (non-hydrogen) atoms. The highest BCUT2D eigenvalue weighted by Gasteiger charge is 2.08. The molecule has 0 amide bonds. The fourth-order valence-electron chi connectivity index (χ4n) is 1.89. The highest BCUT2D eigenvalue weighted by atomic mass is 16.4. The van der Waals surface area contributed by atoms with Crippen LogP contribution in [0.2, 0.25) is 0 Å². The van der Waals surface area contributed by atoms with Crippen LogP contribution in [0.4, 0.5) is 0 Å². The Morgan fingerprint density at radius 3 is 2.89 bits per heavy atom. The molecule has 2 heterocycles. The lowest BCUT2D eigenvalue weighted by Gasteiger charge is -2.00. The average molecular weight is 255 g/mol. The largest absolute Gasteiger partial charge is 0.419 e. The molecule has 3 aromatic rings. The summed E-state index contributed by atoms with van der Waals surface area (Å²) in [5.74, 6) is -0.414. The fraction of sp³-hybridized carbons (Fsp3) is 0.0769. The van der Waals surface area contributed by atoms with Crippen LogP contribution in [0, 0.1) is 0 Å². The zero-order valence-corrected chi connectivity index (χ0v) is 10.0. The maximum atomic E-state index is 11.4. The van der Waals surface area contributed by atoms with E-state index in [1.807, 2.05) is 6.07 Å². The Balaban J connectivity index is 2.20. The Kier molecular flexibility index (Phi) is 2.49. The summed E-state index contributed by atoms with van der Waals surface area (Å²) in [5, 5.41) is 0. The van der Waals surface area contributed by atoms with Gasteiger partial charge in [0.05, 0.1) is 11.2 Å². The highest BCUT2D eigenvalue weighted by Crippen LogP contribution is 2.22. The van der Waals surface area contributed by atoms with Gasteiger partial charge in [0, 0.05) is 12.6 Å². The molecule has 3 rings (SSSR count). The predicted octanol–water partition coefficient (Wildman–Crippen LogP) is 1.40. The first kappa shape index (κ1) is 11.3. The van der Waals surface area contributed by atoms with Crippen molar-refractivity contribution in [2.75, 3.05) is 0 Å². The predicted molar refractivity (Wildman–Crippen MR) is 67.9 cm³/mol. The molecule has 0 atom stereocenters. The van der Waals surface area contributed by atoms with E-state index in [-0.39, 0.29) is 0 Å². The highest BCUT2D eigenvalue weighted by molar-refractivity contribution is 5.81. The average Bonchev–Trinajstić information content (AvgIpc) is 2.73. The monoisotopic (exact) mass is 255 g/mol. The van der Waals surface area contributed by atoms with Crippen LogP contribution in [0.15, 0.2) is 39.8 Å². The fourth-order valence-corrected chi connectivity index (χ4v) is 1.89. The van der Waals surface area contributed by atoms with Crippen LogP contribution in [0.25, 0.3) is 22.4 Å². The number of carbonyl (C=O) groups is 1. The second kappa shape index (κ2) is 4.16. The van der Waals surface area contributed by atoms with Gasteiger partial charge in [-0.15, -0.1) is 0 Å². The van der Waals surface area contributed by atoms with Crippen LogP contribution in [0.5, 0.6) is 0 Å². The van der Waals surface area contributed by atoms with Gasteiger partial charge in [0.1, 0.15) is 12.0 Å². The second-order valence-corrected chi connectivity index (χ2v) is 4.06. The zero-order chi connectivity index (χ0) is 13.4. The second-order valence-electron chi connectivity index (χ2n) is 4.06. The molecule has 0 aliphatic carbocycles. The maximum absolute atomic E-state index is 11.4. The van der Waals surface area contributed by atoms with E-state index < -0.39 is 5.76 Å². The molecule has 0 spiro atoms. The van der Waals surface area contributed by atoms with E-state index in [2.05, 4.69) is 9.97 Å². The van der Waals surface area contributed by atoms with E-state index in [4.69, 9.17) is 4.42 Å². The minimum Gasteiger partial charge on any atom is -0.408 e. The van der Waals surface area contributed by atoms with Crippen molar-refractivity contribution in [3.8, 4) is 11.3 Å². The van der Waals surface area contributed by atoms with E-state index >= 15 is 0 Å². The van der Waals surface area contributed by atoms with Gasteiger partial charge in [-0.05, 0) is 18.2 Å². The van der Waals surface area contributed by atoms with Crippen LogP contribution in [-0.2, 0) is 7.05 Å². The van der Waals surface area contributed by atoms with Gasteiger partial charge in [0.15, 0.2) is 11.9 Å². The number of carbonyl (C=O) groups excluding carboxylic acids is 1. The SMILES string of the molecule is Cn1c(=O)oc2cc(-c3cc(C=O)ncn3)ccc21. The summed E-state index contributed by atoms with van der Waals surface area (Å²) in [4.78, 5) is 30.0. The van der Waals surface area contributed by atoms with Crippen molar-refractivity contribution in [3.63, 3.8) is 0 Å². The molecule has 0 N–H and O–H groups in total. The molecule has 0 saturated carbocycles. The van der Waals surface area contributed by atoms with Gasteiger partial charge in [-0.25, -0.2) is 14.8 Å². The molecule has 2 aromatic heterocycles. The molecule has 0 aliphatic rings. The van der Waals surface area contributed by atoms with E-state index in [9.17, 15) is 9.59 Å². The molecular weight excluding hydrogens is 246 g/mol. The van der Waals surface area contributed by atoms with Gasteiger partial charge >= 0.3 is 5.76 Å². The Morgan fingerprint density at radius 1 is 1.26 bits per heavy atom. The first-order valence-corrected chi connectivity index (χ1v) is 5.56. The number of hydrogen-bond donors (Lipinski definition) is 0. The van der Waals surface area contributed by atoms with Crippen LogP contribution in [-0.4, -0.2) is 20.8 Å². The summed E-state index contributed by atoms with van der Waals surface area (Å²) in [5.41, 5.74) is 2.85. The number of benzene rings is 1. The molecule has 6 heteroatoms. The van der Waals surface area contributed by atoms with Gasteiger partial charge in [-0.3, -0.25) is 9.36 Å². The van der Waals surface area contributed by atoms with Crippen molar-refractivity contribution in [2.45, 2.75) is 0 Å². The number of nitrogens with zero attached hydrogens (tertiary/aromatic N) is 3. The summed E-state index contributed by atoms with van der Waals surface area (Å²) >= 11 is 0. The topological polar surface area (TPSA) is 78.0 Å². The number of rotatable bonds is 2. The number of oxazole rings is 1. The Bertz CT molecular complexity index is 833. The molecule has 0 bridgehead atoms. The molecule has 94 valence electrons. The molecule has 0 aliphatic heterocycles. The Morgan fingerprint density at radius 2 is 2.11 bits per heavy atom. The van der Waals surface area contributed by atoms with E-state index in [0.29, 0.717) is 28.8 Å². The third-order valence-electron chi connectivity index (χ3n) is 2.90. The summed E-state index contributed by atoms with van der Waals surface area (Å²) in [6.45, 7) is 0. The van der Waals surface area contributed by atoms with Crippen molar-refractivity contribution in [1.29, 1.82) is 0 Å². The molecule has 0 fully saturated rings. The number of aryl methyl sites for hydroxylation is 1. The third-order valence-corrected chi connectivity index (χ3v) is 2.90. The minimum absolute atomic E-state index is 0.305. The summed E-state index contributed by atoms with van der Waals surface area (Å²) in [6.07, 6.45) is 1.98. The maximum Gasteiger partial charge on any atom is 0.419 e. The molecule has 6 nitrogen and oxygen atoms in total. The molecule has 1 aromatic carbocycles. The summed E-state index contributed by atoms with van der Waals surface area (Å²) in [7, 11) is 1.64. The van der Waals surface area contributed by atoms with Gasteiger partial charge in [-0.2, -0.15) is 0 Å². The van der Waals surface area contributed by atoms with E-state index in [1.54, 1.807) is 25.2 Å². The standard InChI is InChI=1S/C13H9N3O3/c1-16-11-3-2-8(4-12(11)19-13(16)18)10-5-9(6-17)14-7-15-10/h2-7H,1H3. The summed E-state index contributed by atoms with van der Waals surface area (Å²) < 4.78 is 6.54. The Labute approximate surface area is 107 Å². The van der Waals surface area contributed by atoms with Gasteiger partial charge in [0.2, 0.25) is 0 Å². The molecule has 0 unspecified atom stereocenters. The van der Waals surface area contributed by atoms with Crippen LogP contribution in [0.1, 0.15) is 10.5 Å². The number of aldehydes is 1. The van der Waals surface area contributed by atoms with Crippen molar-refractivity contribution in [2.24, 2.45) is 7.05 Å². The number of aromatic nitrogens is 3. The van der Waals surface area contributed by atoms with Crippen molar-refractivity contribution in [1.82, 2.24) is 14.5 Å². The van der Waals surface area contributed by atoms with Crippen molar-refractivity contribution in [3.05, 3.63) is 46.8 Å². The number of hydrogen-bond acceptors (Lipinski definition) is 5. The number of fused-ring (bicyclic) bond motifs is 1. The molecule has 0 radical (unpaired) electrons. The van der Waals surface area contributed by atoms with Crippen molar-refractivity contribution >= 4 is 17.4 Å². The first-order chi connectivity index (χ1) is 9.19.